The topological polar surface area (TPSA) is 56.1 Å². The van der Waals surface area contributed by atoms with E-state index in [1.165, 1.54) is 11.1 Å². The van der Waals surface area contributed by atoms with Crippen LogP contribution in [0.15, 0.2) is 30.9 Å². The summed E-state index contributed by atoms with van der Waals surface area (Å²) in [5, 5.41) is 3.01. The predicted molar refractivity (Wildman–Crippen MR) is 83.9 cm³/mol. The molecule has 0 saturated heterocycles. The van der Waals surface area contributed by atoms with Crippen LogP contribution in [-0.4, -0.2) is 27.6 Å². The summed E-state index contributed by atoms with van der Waals surface area (Å²) in [5.74, 6) is 0.782. The molecule has 1 amide bonds. The summed E-state index contributed by atoms with van der Waals surface area (Å²) < 4.78 is 7.76. The summed E-state index contributed by atoms with van der Waals surface area (Å²) >= 11 is 0. The minimum atomic E-state index is -0.429. The summed E-state index contributed by atoms with van der Waals surface area (Å²) in [4.78, 5) is 16.4. The van der Waals surface area contributed by atoms with Crippen LogP contribution >= 0.6 is 0 Å². The zero-order valence-corrected chi connectivity index (χ0v) is 13.2. The summed E-state index contributed by atoms with van der Waals surface area (Å²) in [6, 6.07) is 4.16. The van der Waals surface area contributed by atoms with Crippen molar-refractivity contribution >= 4 is 5.91 Å². The Labute approximate surface area is 130 Å². The largest absolute Gasteiger partial charge is 0.480 e. The lowest BCUT2D eigenvalue weighted by Gasteiger charge is -2.17. The van der Waals surface area contributed by atoms with E-state index in [1.54, 1.807) is 12.5 Å². The molecule has 1 aromatic carbocycles. The number of carbonyl (C=O) groups is 1. The third-order valence-electron chi connectivity index (χ3n) is 4.08. The van der Waals surface area contributed by atoms with Gasteiger partial charge in [0.1, 0.15) is 5.75 Å². The number of carbonyl (C=O) groups excluding carboxylic acids is 1. The highest BCUT2D eigenvalue weighted by Crippen LogP contribution is 2.31. The van der Waals surface area contributed by atoms with Gasteiger partial charge in [0.15, 0.2) is 6.10 Å². The molecule has 1 aromatic heterocycles. The molecule has 2 aromatic rings. The van der Waals surface area contributed by atoms with Crippen LogP contribution in [0.25, 0.3) is 0 Å². The van der Waals surface area contributed by atoms with Crippen LogP contribution in [0, 0.1) is 13.8 Å². The van der Waals surface area contributed by atoms with Gasteiger partial charge >= 0.3 is 0 Å². The Kier molecular flexibility index (Phi) is 3.88. The van der Waals surface area contributed by atoms with E-state index in [1.807, 2.05) is 23.8 Å². The van der Waals surface area contributed by atoms with Gasteiger partial charge in [-0.25, -0.2) is 4.98 Å². The van der Waals surface area contributed by atoms with E-state index in [0.717, 1.165) is 11.3 Å². The van der Waals surface area contributed by atoms with Gasteiger partial charge in [-0.05, 0) is 43.5 Å². The maximum Gasteiger partial charge on any atom is 0.261 e. The van der Waals surface area contributed by atoms with E-state index in [2.05, 4.69) is 30.2 Å². The number of hydrogen-bond donors (Lipinski definition) is 1. The molecule has 22 heavy (non-hydrogen) atoms. The van der Waals surface area contributed by atoms with Crippen molar-refractivity contribution in [2.45, 2.75) is 45.9 Å². The molecule has 1 aliphatic rings. The number of ether oxygens (including phenoxy) is 1. The molecule has 0 saturated carbocycles. The average Bonchev–Trinajstić information content (AvgIpc) is 3.08. The molecule has 2 atom stereocenters. The first-order valence-corrected chi connectivity index (χ1v) is 7.56. The highest BCUT2D eigenvalue weighted by Gasteiger charge is 2.30. The lowest BCUT2D eigenvalue weighted by atomic mass is 10.0. The number of nitrogens with zero attached hydrogens (tertiary/aromatic N) is 2. The molecule has 0 aliphatic carbocycles. The van der Waals surface area contributed by atoms with Crippen molar-refractivity contribution in [1.82, 2.24) is 14.9 Å². The summed E-state index contributed by atoms with van der Waals surface area (Å²) in [5.41, 5.74) is 3.54. The zero-order chi connectivity index (χ0) is 15.7. The van der Waals surface area contributed by atoms with E-state index in [-0.39, 0.29) is 11.9 Å². The van der Waals surface area contributed by atoms with Crippen LogP contribution in [0.4, 0.5) is 0 Å². The third kappa shape index (κ3) is 2.98. The molecule has 5 nitrogen and oxygen atoms in total. The highest BCUT2D eigenvalue weighted by atomic mass is 16.5. The fourth-order valence-electron chi connectivity index (χ4n) is 2.75. The minimum Gasteiger partial charge on any atom is -0.480 e. The first-order chi connectivity index (χ1) is 10.5. The van der Waals surface area contributed by atoms with Gasteiger partial charge in [0, 0.05) is 31.4 Å². The molecule has 3 rings (SSSR count). The molecular weight excluding hydrogens is 278 g/mol. The Bertz CT molecular complexity index is 648. The van der Waals surface area contributed by atoms with Crippen LogP contribution in [0.3, 0.4) is 0 Å². The molecule has 0 radical (unpaired) electrons. The number of aryl methyl sites for hydroxylation is 2. The van der Waals surface area contributed by atoms with E-state index < -0.39 is 6.10 Å². The van der Waals surface area contributed by atoms with Gasteiger partial charge in [0.2, 0.25) is 0 Å². The first kappa shape index (κ1) is 14.6. The fourth-order valence-corrected chi connectivity index (χ4v) is 2.75. The maximum atomic E-state index is 12.4. The fraction of sp³-hybridized carbons (Fsp3) is 0.412. The molecule has 0 fully saturated rings. The quantitative estimate of drug-likeness (QED) is 0.939. The van der Waals surface area contributed by atoms with Crippen molar-refractivity contribution < 1.29 is 9.53 Å². The number of rotatable bonds is 4. The number of aromatic nitrogens is 2. The van der Waals surface area contributed by atoms with E-state index in [0.29, 0.717) is 13.0 Å². The Balaban J connectivity index is 1.60. The van der Waals surface area contributed by atoms with Gasteiger partial charge in [-0.15, -0.1) is 0 Å². The molecule has 0 bridgehead atoms. The smallest absolute Gasteiger partial charge is 0.261 e. The number of hydrogen-bond acceptors (Lipinski definition) is 3. The molecule has 116 valence electrons. The van der Waals surface area contributed by atoms with Crippen molar-refractivity contribution in [2.24, 2.45) is 0 Å². The van der Waals surface area contributed by atoms with Crippen LogP contribution in [0.2, 0.25) is 0 Å². The predicted octanol–water partition coefficient (Wildman–Crippen LogP) is 2.01. The molecule has 0 spiro atoms. The molecule has 0 unspecified atom stereocenters. The molecule has 5 heteroatoms. The lowest BCUT2D eigenvalue weighted by Crippen LogP contribution is -2.43. The molecule has 1 aliphatic heterocycles. The van der Waals surface area contributed by atoms with Crippen LogP contribution in [0.5, 0.6) is 5.75 Å². The molecule has 2 heterocycles. The van der Waals surface area contributed by atoms with E-state index in [9.17, 15) is 4.79 Å². The van der Waals surface area contributed by atoms with E-state index >= 15 is 0 Å². The summed E-state index contributed by atoms with van der Waals surface area (Å²) in [7, 11) is 0. The lowest BCUT2D eigenvalue weighted by molar-refractivity contribution is -0.127. The van der Waals surface area contributed by atoms with Crippen molar-refractivity contribution in [2.75, 3.05) is 0 Å². The second kappa shape index (κ2) is 5.83. The molecule has 1 N–H and O–H groups in total. The zero-order valence-electron chi connectivity index (χ0n) is 13.2. The second-order valence-electron chi connectivity index (χ2n) is 6.02. The van der Waals surface area contributed by atoms with Crippen LogP contribution < -0.4 is 10.1 Å². The minimum absolute atomic E-state index is 0.0254. The first-order valence-electron chi connectivity index (χ1n) is 7.56. The molecular formula is C17H21N3O2. The van der Waals surface area contributed by atoms with Gasteiger partial charge in [0.25, 0.3) is 5.91 Å². The Morgan fingerprint density at radius 3 is 2.95 bits per heavy atom. The summed E-state index contributed by atoms with van der Waals surface area (Å²) in [6.45, 7) is 6.81. The monoisotopic (exact) mass is 299 g/mol. The third-order valence-corrected chi connectivity index (χ3v) is 4.08. The number of fused-ring (bicyclic) bond motifs is 1. The Morgan fingerprint density at radius 1 is 1.45 bits per heavy atom. The van der Waals surface area contributed by atoms with Gasteiger partial charge in [-0.3, -0.25) is 4.79 Å². The van der Waals surface area contributed by atoms with Crippen molar-refractivity contribution in [3.05, 3.63) is 47.5 Å². The number of nitrogens with one attached hydrogen (secondary N) is 1. The number of amides is 1. The maximum absolute atomic E-state index is 12.4. The summed E-state index contributed by atoms with van der Waals surface area (Å²) in [6.07, 6.45) is 5.57. The van der Waals surface area contributed by atoms with E-state index in [4.69, 9.17) is 4.74 Å². The van der Waals surface area contributed by atoms with Crippen LogP contribution in [-0.2, 0) is 17.8 Å². The SMILES string of the molecule is Cc1cc2c(cc1C)O[C@@H](C(=O)N[C@H](C)Cn1ccnc1)C2. The van der Waals surface area contributed by atoms with Crippen molar-refractivity contribution in [3.8, 4) is 5.75 Å². The standard InChI is InChI=1S/C17H21N3O2/c1-11-6-14-8-16(22-15(14)7-12(11)2)17(21)19-13(3)9-20-5-4-18-10-20/h4-7,10,13,16H,8-9H2,1-3H3,(H,19,21)/t13-,16-/m1/s1. The number of benzene rings is 1. The van der Waals surface area contributed by atoms with Gasteiger partial charge in [-0.1, -0.05) is 6.07 Å². The second-order valence-corrected chi connectivity index (χ2v) is 6.02. The average molecular weight is 299 g/mol. The highest BCUT2D eigenvalue weighted by molar-refractivity contribution is 5.82. The van der Waals surface area contributed by atoms with Crippen LogP contribution in [0.1, 0.15) is 23.6 Å². The van der Waals surface area contributed by atoms with Crippen molar-refractivity contribution in [1.29, 1.82) is 0 Å². The van der Waals surface area contributed by atoms with Gasteiger partial charge in [-0.2, -0.15) is 0 Å². The Hall–Kier alpha value is -2.30. The number of imidazole rings is 1. The van der Waals surface area contributed by atoms with Gasteiger partial charge in [0.05, 0.1) is 6.33 Å². The Morgan fingerprint density at radius 2 is 2.23 bits per heavy atom. The van der Waals surface area contributed by atoms with Crippen molar-refractivity contribution in [3.63, 3.8) is 0 Å². The normalized spacial score (nSPS) is 17.7. The van der Waals surface area contributed by atoms with Gasteiger partial charge < -0.3 is 14.6 Å².